The molecule has 0 aliphatic carbocycles. The first-order valence-electron chi connectivity index (χ1n) is 8.37. The van der Waals surface area contributed by atoms with Crippen LogP contribution in [0.5, 0.6) is 0 Å². The average molecular weight is 355 g/mol. The van der Waals surface area contributed by atoms with E-state index in [-0.39, 0.29) is 17.1 Å². The Balaban J connectivity index is 1.96. The van der Waals surface area contributed by atoms with E-state index in [2.05, 4.69) is 17.2 Å². The Morgan fingerprint density at radius 2 is 1.81 bits per heavy atom. The number of fused-ring (bicyclic) bond motifs is 1. The fourth-order valence-corrected chi connectivity index (χ4v) is 2.85. The Morgan fingerprint density at radius 1 is 1.15 bits per heavy atom. The molecule has 8 nitrogen and oxygen atoms in total. The maximum Gasteiger partial charge on any atom is 0.332 e. The molecule has 1 aromatic carbocycles. The summed E-state index contributed by atoms with van der Waals surface area (Å²) >= 11 is 0. The van der Waals surface area contributed by atoms with Gasteiger partial charge in [-0.1, -0.05) is 19.1 Å². The van der Waals surface area contributed by atoms with Crippen molar-refractivity contribution in [3.63, 3.8) is 0 Å². The highest BCUT2D eigenvalue weighted by Gasteiger charge is 2.21. The van der Waals surface area contributed by atoms with Gasteiger partial charge in [-0.15, -0.1) is 0 Å². The zero-order valence-corrected chi connectivity index (χ0v) is 15.2. The first-order valence-corrected chi connectivity index (χ1v) is 8.37. The number of nitrogens with zero attached hydrogens (tertiary/aromatic N) is 4. The van der Waals surface area contributed by atoms with E-state index in [1.807, 2.05) is 24.3 Å². The van der Waals surface area contributed by atoms with Crippen LogP contribution >= 0.6 is 0 Å². The van der Waals surface area contributed by atoms with Crippen molar-refractivity contribution in [3.8, 4) is 0 Å². The van der Waals surface area contributed by atoms with Crippen LogP contribution in [0.3, 0.4) is 0 Å². The molecule has 2 aromatic heterocycles. The molecule has 26 heavy (non-hydrogen) atoms. The molecule has 0 fully saturated rings. The summed E-state index contributed by atoms with van der Waals surface area (Å²) < 4.78 is 3.79. The van der Waals surface area contributed by atoms with E-state index in [1.165, 1.54) is 28.1 Å². The Kier molecular flexibility index (Phi) is 4.50. The maximum atomic E-state index is 12.6. The number of rotatable bonds is 4. The van der Waals surface area contributed by atoms with Gasteiger partial charge in [0.15, 0.2) is 11.2 Å². The number of carbonyl (C=O) groups excluding carboxylic acids is 1. The van der Waals surface area contributed by atoms with Gasteiger partial charge in [-0.05, 0) is 31.0 Å². The Morgan fingerprint density at radius 3 is 2.42 bits per heavy atom. The van der Waals surface area contributed by atoms with Crippen LogP contribution in [0, 0.1) is 0 Å². The van der Waals surface area contributed by atoms with Gasteiger partial charge in [0.1, 0.15) is 6.04 Å². The minimum Gasteiger partial charge on any atom is -0.324 e. The molecule has 0 saturated carbocycles. The van der Waals surface area contributed by atoms with Crippen molar-refractivity contribution >= 4 is 22.8 Å². The van der Waals surface area contributed by atoms with Crippen LogP contribution in [0.1, 0.15) is 25.5 Å². The number of aromatic nitrogens is 4. The number of benzene rings is 1. The van der Waals surface area contributed by atoms with Gasteiger partial charge in [0.05, 0.1) is 6.33 Å². The second kappa shape index (κ2) is 6.62. The van der Waals surface area contributed by atoms with Crippen LogP contribution < -0.4 is 16.6 Å². The lowest BCUT2D eigenvalue weighted by molar-refractivity contribution is -0.118. The van der Waals surface area contributed by atoms with Crippen LogP contribution in [0.25, 0.3) is 11.2 Å². The topological polar surface area (TPSA) is 90.9 Å². The smallest absolute Gasteiger partial charge is 0.324 e. The summed E-state index contributed by atoms with van der Waals surface area (Å²) in [6, 6.07) is 6.93. The molecule has 0 aliphatic rings. The number of amides is 1. The lowest BCUT2D eigenvalue weighted by Gasteiger charge is -2.15. The molecule has 0 aliphatic heterocycles. The molecule has 0 saturated heterocycles. The van der Waals surface area contributed by atoms with Crippen molar-refractivity contribution < 1.29 is 4.79 Å². The van der Waals surface area contributed by atoms with Gasteiger partial charge in [0.25, 0.3) is 5.56 Å². The zero-order valence-electron chi connectivity index (χ0n) is 15.2. The molecule has 0 bridgehead atoms. The molecule has 3 rings (SSSR count). The predicted octanol–water partition coefficient (Wildman–Crippen LogP) is 1.20. The molecule has 2 heterocycles. The van der Waals surface area contributed by atoms with E-state index in [0.29, 0.717) is 5.69 Å². The average Bonchev–Trinajstić information content (AvgIpc) is 3.09. The third-order valence-corrected chi connectivity index (χ3v) is 4.60. The van der Waals surface area contributed by atoms with Crippen LogP contribution in [0.2, 0.25) is 0 Å². The van der Waals surface area contributed by atoms with Gasteiger partial charge in [0, 0.05) is 19.8 Å². The second-order valence-corrected chi connectivity index (χ2v) is 6.25. The molecule has 0 spiro atoms. The summed E-state index contributed by atoms with van der Waals surface area (Å²) in [4.78, 5) is 41.3. The maximum absolute atomic E-state index is 12.6. The van der Waals surface area contributed by atoms with E-state index in [0.717, 1.165) is 11.0 Å². The van der Waals surface area contributed by atoms with Crippen molar-refractivity contribution in [1.29, 1.82) is 0 Å². The van der Waals surface area contributed by atoms with Crippen LogP contribution in [-0.2, 0) is 25.3 Å². The molecular weight excluding hydrogens is 334 g/mol. The largest absolute Gasteiger partial charge is 0.332 e. The molecular formula is C18H21N5O3. The molecule has 0 radical (unpaired) electrons. The molecule has 1 amide bonds. The molecule has 3 aromatic rings. The minimum atomic E-state index is -0.670. The first kappa shape index (κ1) is 17.7. The summed E-state index contributed by atoms with van der Waals surface area (Å²) in [7, 11) is 2.95. The first-order chi connectivity index (χ1) is 12.3. The summed E-state index contributed by atoms with van der Waals surface area (Å²) in [5.41, 5.74) is 1.40. The number of carbonyl (C=O) groups is 1. The normalized spacial score (nSPS) is 12.3. The Labute approximate surface area is 149 Å². The quantitative estimate of drug-likeness (QED) is 0.761. The van der Waals surface area contributed by atoms with E-state index >= 15 is 0 Å². The standard InChI is InChI=1S/C18H21N5O3/c1-5-12-6-8-13(9-7-12)20-16(24)11(2)23-10-19-15-14(23)17(25)22(4)18(26)21(15)3/h6-11H,5H2,1-4H3,(H,20,24)/t11-/m1/s1. The van der Waals surface area contributed by atoms with E-state index in [9.17, 15) is 14.4 Å². The van der Waals surface area contributed by atoms with Crippen molar-refractivity contribution in [2.45, 2.75) is 26.3 Å². The van der Waals surface area contributed by atoms with Gasteiger partial charge in [-0.3, -0.25) is 18.7 Å². The number of nitrogens with one attached hydrogen (secondary N) is 1. The zero-order chi connectivity index (χ0) is 19.0. The highest BCUT2D eigenvalue weighted by Crippen LogP contribution is 2.16. The van der Waals surface area contributed by atoms with Crippen molar-refractivity contribution in [2.75, 3.05) is 5.32 Å². The summed E-state index contributed by atoms with van der Waals surface area (Å²) in [5, 5.41) is 2.84. The summed E-state index contributed by atoms with van der Waals surface area (Å²) in [6.07, 6.45) is 2.34. The van der Waals surface area contributed by atoms with Crippen LogP contribution in [0.4, 0.5) is 5.69 Å². The van der Waals surface area contributed by atoms with Gasteiger partial charge >= 0.3 is 5.69 Å². The third-order valence-electron chi connectivity index (χ3n) is 4.60. The predicted molar refractivity (Wildman–Crippen MR) is 99.4 cm³/mol. The summed E-state index contributed by atoms with van der Waals surface area (Å²) in [5.74, 6) is -0.274. The van der Waals surface area contributed by atoms with E-state index < -0.39 is 17.3 Å². The third kappa shape index (κ3) is 2.83. The molecule has 8 heteroatoms. The van der Waals surface area contributed by atoms with Gasteiger partial charge in [0.2, 0.25) is 5.91 Å². The van der Waals surface area contributed by atoms with Crippen molar-refractivity contribution in [1.82, 2.24) is 18.7 Å². The highest BCUT2D eigenvalue weighted by atomic mass is 16.2. The van der Waals surface area contributed by atoms with Gasteiger partial charge in [-0.25, -0.2) is 9.78 Å². The van der Waals surface area contributed by atoms with Crippen molar-refractivity contribution in [3.05, 3.63) is 57.0 Å². The molecule has 1 N–H and O–H groups in total. The number of hydrogen-bond acceptors (Lipinski definition) is 4. The number of aryl methyl sites for hydroxylation is 2. The Hall–Kier alpha value is -3.16. The SMILES string of the molecule is CCc1ccc(NC(=O)[C@@H](C)n2cnc3c2c(=O)n(C)c(=O)n3C)cc1. The summed E-state index contributed by atoms with van der Waals surface area (Å²) in [6.45, 7) is 3.75. The van der Waals surface area contributed by atoms with Gasteiger partial charge in [-0.2, -0.15) is 0 Å². The lowest BCUT2D eigenvalue weighted by Crippen LogP contribution is -2.38. The second-order valence-electron chi connectivity index (χ2n) is 6.25. The number of imidazole rings is 1. The fourth-order valence-electron chi connectivity index (χ4n) is 2.85. The van der Waals surface area contributed by atoms with Gasteiger partial charge < -0.3 is 9.88 Å². The fraction of sp³-hybridized carbons (Fsp3) is 0.333. The minimum absolute atomic E-state index is 0.221. The van der Waals surface area contributed by atoms with E-state index in [1.54, 1.807) is 14.0 Å². The molecule has 136 valence electrons. The number of anilines is 1. The lowest BCUT2D eigenvalue weighted by atomic mass is 10.1. The molecule has 1 atom stereocenters. The van der Waals surface area contributed by atoms with Crippen LogP contribution in [0.15, 0.2) is 40.2 Å². The highest BCUT2D eigenvalue weighted by molar-refractivity contribution is 5.94. The van der Waals surface area contributed by atoms with Crippen LogP contribution in [-0.4, -0.2) is 24.6 Å². The molecule has 0 unspecified atom stereocenters. The monoisotopic (exact) mass is 355 g/mol. The van der Waals surface area contributed by atoms with E-state index in [4.69, 9.17) is 0 Å². The Bertz CT molecular complexity index is 1090. The van der Waals surface area contributed by atoms with Crippen molar-refractivity contribution in [2.24, 2.45) is 14.1 Å². The number of hydrogen-bond donors (Lipinski definition) is 1.